The van der Waals surface area contributed by atoms with Crippen LogP contribution in [0.25, 0.3) is 0 Å². The summed E-state index contributed by atoms with van der Waals surface area (Å²) in [5.74, 6) is 4.59. The lowest BCUT2D eigenvalue weighted by Crippen LogP contribution is -2.33. The Morgan fingerprint density at radius 2 is 1.54 bits per heavy atom. The molecule has 2 atom stereocenters. The minimum Gasteiger partial charge on any atom is -0.356 e. The molecule has 2 unspecified atom stereocenters. The van der Waals surface area contributed by atoms with Crippen molar-refractivity contribution in [1.29, 1.82) is 0 Å². The van der Waals surface area contributed by atoms with Crippen molar-refractivity contribution in [3.05, 3.63) is 17.6 Å². The Bertz CT molecular complexity index is 496. The third-order valence-electron chi connectivity index (χ3n) is 4.35. The number of thioether (sulfide) groups is 2. The summed E-state index contributed by atoms with van der Waals surface area (Å²) in [5, 5.41) is 0. The van der Waals surface area contributed by atoms with Crippen molar-refractivity contribution in [2.24, 2.45) is 0 Å². The van der Waals surface area contributed by atoms with E-state index in [2.05, 4.69) is 70.2 Å². The Balaban J connectivity index is 3.03. The first kappa shape index (κ1) is 21.6. The van der Waals surface area contributed by atoms with Gasteiger partial charge in [-0.2, -0.15) is 23.5 Å². The molecule has 1 aromatic rings. The van der Waals surface area contributed by atoms with Crippen LogP contribution in [0.5, 0.6) is 0 Å². The molecule has 138 valence electrons. The van der Waals surface area contributed by atoms with Crippen molar-refractivity contribution >= 4 is 29.3 Å². The monoisotopic (exact) mass is 370 g/mol. The van der Waals surface area contributed by atoms with Gasteiger partial charge in [0.05, 0.1) is 6.54 Å². The van der Waals surface area contributed by atoms with Gasteiger partial charge in [0, 0.05) is 42.4 Å². The van der Waals surface area contributed by atoms with Crippen LogP contribution in [0.3, 0.4) is 0 Å². The van der Waals surface area contributed by atoms with Crippen molar-refractivity contribution in [2.75, 3.05) is 43.0 Å². The molecule has 6 heteroatoms. The summed E-state index contributed by atoms with van der Waals surface area (Å²) < 4.78 is 0. The van der Waals surface area contributed by atoms with E-state index in [-0.39, 0.29) is 0 Å². The molecule has 0 aromatic carbocycles. The van der Waals surface area contributed by atoms with Gasteiger partial charge in [-0.15, -0.1) is 0 Å². The second kappa shape index (κ2) is 10.5. The van der Waals surface area contributed by atoms with Gasteiger partial charge < -0.3 is 4.90 Å². The smallest absolute Gasteiger partial charge is 0.144 e. The fourth-order valence-corrected chi connectivity index (χ4v) is 3.82. The summed E-state index contributed by atoms with van der Waals surface area (Å²) in [6, 6.07) is 3.12. The van der Waals surface area contributed by atoms with E-state index >= 15 is 0 Å². The molecule has 4 nitrogen and oxygen atoms in total. The summed E-state index contributed by atoms with van der Waals surface area (Å²) >= 11 is 3.75. The van der Waals surface area contributed by atoms with Crippen molar-refractivity contribution in [3.8, 4) is 0 Å². The Morgan fingerprint density at radius 3 is 2.08 bits per heavy atom. The second-order valence-corrected chi connectivity index (χ2v) is 8.68. The lowest BCUT2D eigenvalue weighted by molar-refractivity contribution is 0.262. The summed E-state index contributed by atoms with van der Waals surface area (Å²) in [4.78, 5) is 14.3. The summed E-state index contributed by atoms with van der Waals surface area (Å²) in [5.41, 5.74) is 1.13. The molecule has 0 radical (unpaired) electrons. The van der Waals surface area contributed by atoms with E-state index in [1.165, 1.54) is 0 Å². The van der Waals surface area contributed by atoms with Crippen LogP contribution in [0.15, 0.2) is 6.07 Å². The van der Waals surface area contributed by atoms with E-state index in [1.807, 2.05) is 23.5 Å². The number of anilines is 1. The molecule has 0 spiro atoms. The van der Waals surface area contributed by atoms with E-state index in [9.17, 15) is 0 Å². The molecule has 0 aliphatic rings. The molecular formula is C18H34N4S2. The first-order chi connectivity index (χ1) is 11.3. The van der Waals surface area contributed by atoms with Crippen molar-refractivity contribution in [3.63, 3.8) is 0 Å². The first-order valence-electron chi connectivity index (χ1n) is 8.58. The average Bonchev–Trinajstić information content (AvgIpc) is 2.54. The van der Waals surface area contributed by atoms with Gasteiger partial charge in [0.15, 0.2) is 0 Å². The fraction of sp³-hybridized carbons (Fsp3) is 0.778. The van der Waals surface area contributed by atoms with Gasteiger partial charge in [0.1, 0.15) is 11.6 Å². The molecule has 0 aliphatic carbocycles. The second-order valence-electron chi connectivity index (χ2n) is 6.86. The van der Waals surface area contributed by atoms with Gasteiger partial charge in [-0.25, -0.2) is 9.97 Å². The third-order valence-corrected chi connectivity index (χ3v) is 5.98. The third kappa shape index (κ3) is 6.45. The van der Waals surface area contributed by atoms with Gasteiger partial charge in [-0.05, 0) is 39.3 Å². The van der Waals surface area contributed by atoms with Crippen LogP contribution in [0, 0.1) is 0 Å². The highest BCUT2D eigenvalue weighted by molar-refractivity contribution is 7.98. The maximum Gasteiger partial charge on any atom is 0.144 e. The molecule has 0 saturated carbocycles. The van der Waals surface area contributed by atoms with Crippen molar-refractivity contribution in [2.45, 2.75) is 52.2 Å². The van der Waals surface area contributed by atoms with Crippen molar-refractivity contribution in [1.82, 2.24) is 14.9 Å². The Kier molecular flexibility index (Phi) is 9.45. The highest BCUT2D eigenvalue weighted by Gasteiger charge is 2.17. The largest absolute Gasteiger partial charge is 0.356 e. The van der Waals surface area contributed by atoms with Crippen LogP contribution in [0.2, 0.25) is 0 Å². The zero-order valence-electron chi connectivity index (χ0n) is 16.5. The molecule has 0 amide bonds. The molecule has 1 rings (SSSR count). The average molecular weight is 371 g/mol. The number of nitrogens with zero attached hydrogens (tertiary/aromatic N) is 4. The summed E-state index contributed by atoms with van der Waals surface area (Å²) in [6.45, 7) is 9.69. The van der Waals surface area contributed by atoms with Crippen LogP contribution in [0.4, 0.5) is 5.82 Å². The highest BCUT2D eigenvalue weighted by atomic mass is 32.2. The van der Waals surface area contributed by atoms with E-state index in [0.717, 1.165) is 35.4 Å². The number of rotatable bonds is 10. The Hall–Kier alpha value is -0.460. The molecule has 0 aliphatic heterocycles. The fourth-order valence-electron chi connectivity index (χ4n) is 2.38. The van der Waals surface area contributed by atoms with Crippen LogP contribution >= 0.6 is 23.5 Å². The van der Waals surface area contributed by atoms with E-state index in [4.69, 9.17) is 9.97 Å². The molecule has 0 saturated heterocycles. The van der Waals surface area contributed by atoms with E-state index < -0.39 is 0 Å². The van der Waals surface area contributed by atoms with Crippen LogP contribution in [-0.2, 0) is 6.54 Å². The minimum absolute atomic E-state index is 0.406. The molecule has 1 heterocycles. The highest BCUT2D eigenvalue weighted by Crippen LogP contribution is 2.21. The Labute approximate surface area is 157 Å². The van der Waals surface area contributed by atoms with Crippen LogP contribution in [0.1, 0.15) is 45.1 Å². The predicted octanol–water partition coefficient (Wildman–Crippen LogP) is 3.97. The van der Waals surface area contributed by atoms with Crippen LogP contribution in [-0.4, -0.2) is 65.1 Å². The molecule has 1 aromatic heterocycles. The van der Waals surface area contributed by atoms with Crippen molar-refractivity contribution < 1.29 is 0 Å². The normalized spacial score (nSPS) is 14.2. The standard InChI is InChI=1S/C18H34N4S2/c1-13(2)16-9-18(22(6)15(4)12-24-8)20-17(19-16)10-21(5)14(3)11-23-7/h9,13-15H,10-12H2,1-8H3. The van der Waals surface area contributed by atoms with E-state index in [1.54, 1.807) is 0 Å². The Morgan fingerprint density at radius 1 is 0.958 bits per heavy atom. The molecule has 0 fully saturated rings. The van der Waals surface area contributed by atoms with E-state index in [0.29, 0.717) is 18.0 Å². The van der Waals surface area contributed by atoms with Gasteiger partial charge in [0.2, 0.25) is 0 Å². The predicted molar refractivity (Wildman–Crippen MR) is 112 cm³/mol. The first-order valence-corrected chi connectivity index (χ1v) is 11.4. The van der Waals surface area contributed by atoms with Crippen LogP contribution < -0.4 is 4.90 Å². The molecule has 24 heavy (non-hydrogen) atoms. The van der Waals surface area contributed by atoms with Gasteiger partial charge in [-0.3, -0.25) is 4.90 Å². The van der Waals surface area contributed by atoms with Gasteiger partial charge in [0.25, 0.3) is 0 Å². The molecular weight excluding hydrogens is 336 g/mol. The van der Waals surface area contributed by atoms with Gasteiger partial charge >= 0.3 is 0 Å². The van der Waals surface area contributed by atoms with Gasteiger partial charge in [-0.1, -0.05) is 13.8 Å². The maximum atomic E-state index is 4.86. The summed E-state index contributed by atoms with van der Waals surface area (Å²) in [6.07, 6.45) is 4.30. The molecule has 0 bridgehead atoms. The minimum atomic E-state index is 0.406. The summed E-state index contributed by atoms with van der Waals surface area (Å²) in [7, 11) is 4.29. The maximum absolute atomic E-state index is 4.86. The number of hydrogen-bond donors (Lipinski definition) is 0. The molecule has 0 N–H and O–H groups in total. The topological polar surface area (TPSA) is 32.3 Å². The zero-order chi connectivity index (χ0) is 18.3. The lowest BCUT2D eigenvalue weighted by atomic mass is 10.1. The quantitative estimate of drug-likeness (QED) is 0.619. The zero-order valence-corrected chi connectivity index (χ0v) is 18.2. The number of aromatic nitrogens is 2. The SMILES string of the molecule is CSCC(C)N(C)Cc1nc(C(C)C)cc(N(C)C(C)CSC)n1. The number of hydrogen-bond acceptors (Lipinski definition) is 6. The lowest BCUT2D eigenvalue weighted by Gasteiger charge is -2.28.